The van der Waals surface area contributed by atoms with Crippen LogP contribution in [0.3, 0.4) is 0 Å². The molecule has 2 aromatic carbocycles. The Morgan fingerprint density at radius 2 is 1.75 bits per heavy atom. The van der Waals surface area contributed by atoms with Crippen molar-refractivity contribution in [1.82, 2.24) is 4.72 Å². The molecule has 168 valence electrons. The fourth-order valence-electron chi connectivity index (χ4n) is 3.29. The molecule has 1 aliphatic heterocycles. The van der Waals surface area contributed by atoms with E-state index in [0.29, 0.717) is 30.1 Å². The van der Waals surface area contributed by atoms with Gasteiger partial charge >= 0.3 is 0 Å². The van der Waals surface area contributed by atoms with Crippen LogP contribution in [-0.2, 0) is 26.6 Å². The van der Waals surface area contributed by atoms with Crippen LogP contribution in [0.1, 0.15) is 22.5 Å². The Balaban J connectivity index is 1.39. The lowest BCUT2D eigenvalue weighted by molar-refractivity contribution is 0.102. The highest BCUT2D eigenvalue weighted by Gasteiger charge is 2.28. The van der Waals surface area contributed by atoms with Crippen molar-refractivity contribution in [1.29, 1.82) is 0 Å². The van der Waals surface area contributed by atoms with Gasteiger partial charge in [-0.25, -0.2) is 21.6 Å². The summed E-state index contributed by atoms with van der Waals surface area (Å²) in [4.78, 5) is 12.5. The minimum atomic E-state index is -3.76. The molecule has 1 amide bonds. The molecule has 0 bridgehead atoms. The summed E-state index contributed by atoms with van der Waals surface area (Å²) in [5.74, 6) is 0.201. The predicted molar refractivity (Wildman–Crippen MR) is 119 cm³/mol. The number of nitrogens with one attached hydrogen (secondary N) is 2. The van der Waals surface area contributed by atoms with E-state index in [1.807, 2.05) is 0 Å². The summed E-state index contributed by atoms with van der Waals surface area (Å²) in [6, 6.07) is 15.4. The standard InChI is InChI=1S/C21H21N3O6S2/c25-21(23-17-6-8-18(9-7-17)24-12-2-14-31(24,26)27)16-4-10-20(11-5-16)32(28,29)22-15-19-3-1-13-30-19/h1,3-11,13,22H,2,12,14-15H2,(H,23,25). The van der Waals surface area contributed by atoms with E-state index in [9.17, 15) is 21.6 Å². The van der Waals surface area contributed by atoms with E-state index < -0.39 is 26.0 Å². The Labute approximate surface area is 186 Å². The van der Waals surface area contributed by atoms with Gasteiger partial charge in [0.2, 0.25) is 20.0 Å². The van der Waals surface area contributed by atoms with Gasteiger partial charge in [0.25, 0.3) is 5.91 Å². The second-order valence-electron chi connectivity index (χ2n) is 7.17. The zero-order chi connectivity index (χ0) is 22.8. The second-order valence-corrected chi connectivity index (χ2v) is 11.0. The van der Waals surface area contributed by atoms with Gasteiger partial charge in [0.05, 0.1) is 29.1 Å². The van der Waals surface area contributed by atoms with Gasteiger partial charge in [-0.3, -0.25) is 9.10 Å². The number of anilines is 2. The van der Waals surface area contributed by atoms with Crippen molar-refractivity contribution in [3.8, 4) is 0 Å². The van der Waals surface area contributed by atoms with Crippen molar-refractivity contribution < 1.29 is 26.0 Å². The molecule has 0 aliphatic carbocycles. The van der Waals surface area contributed by atoms with Gasteiger partial charge in [-0.1, -0.05) is 0 Å². The molecule has 32 heavy (non-hydrogen) atoms. The minimum Gasteiger partial charge on any atom is -0.468 e. The van der Waals surface area contributed by atoms with Crippen molar-refractivity contribution in [3.05, 3.63) is 78.3 Å². The first kappa shape index (κ1) is 22.1. The van der Waals surface area contributed by atoms with Crippen molar-refractivity contribution >= 4 is 37.3 Å². The summed E-state index contributed by atoms with van der Waals surface area (Å²) in [5, 5.41) is 2.71. The topological polar surface area (TPSA) is 126 Å². The summed E-state index contributed by atoms with van der Waals surface area (Å²) < 4.78 is 57.7. The van der Waals surface area contributed by atoms with Crippen LogP contribution in [0.25, 0.3) is 0 Å². The molecule has 1 fully saturated rings. The molecule has 9 nitrogen and oxygen atoms in total. The number of carbonyl (C=O) groups is 1. The van der Waals surface area contributed by atoms with E-state index in [-0.39, 0.29) is 22.8 Å². The van der Waals surface area contributed by atoms with E-state index >= 15 is 0 Å². The van der Waals surface area contributed by atoms with E-state index in [4.69, 9.17) is 4.42 Å². The Morgan fingerprint density at radius 1 is 1.03 bits per heavy atom. The van der Waals surface area contributed by atoms with Crippen LogP contribution in [-0.4, -0.2) is 35.0 Å². The van der Waals surface area contributed by atoms with E-state index in [0.717, 1.165) is 0 Å². The molecule has 0 saturated carbocycles. The van der Waals surface area contributed by atoms with Crippen LogP contribution in [0, 0.1) is 0 Å². The molecular weight excluding hydrogens is 454 g/mol. The molecule has 1 aromatic heterocycles. The molecule has 3 aromatic rings. The first-order valence-electron chi connectivity index (χ1n) is 9.79. The number of nitrogens with zero attached hydrogens (tertiary/aromatic N) is 1. The number of rotatable bonds is 7. The average Bonchev–Trinajstić information content (AvgIpc) is 3.42. The number of carbonyl (C=O) groups excluding carboxylic acids is 1. The number of amides is 1. The summed E-state index contributed by atoms with van der Waals surface area (Å²) in [5.41, 5.74) is 1.32. The summed E-state index contributed by atoms with van der Waals surface area (Å²) >= 11 is 0. The Hall–Kier alpha value is -3.15. The highest BCUT2D eigenvalue weighted by atomic mass is 32.2. The van der Waals surface area contributed by atoms with Crippen LogP contribution in [0.5, 0.6) is 0 Å². The third-order valence-electron chi connectivity index (χ3n) is 4.96. The van der Waals surface area contributed by atoms with E-state index in [1.54, 1.807) is 36.4 Å². The van der Waals surface area contributed by atoms with Gasteiger partial charge in [0.15, 0.2) is 0 Å². The Bertz CT molecular complexity index is 1300. The highest BCUT2D eigenvalue weighted by molar-refractivity contribution is 7.93. The largest absolute Gasteiger partial charge is 0.468 e. The first-order valence-corrected chi connectivity index (χ1v) is 12.9. The number of hydrogen-bond acceptors (Lipinski definition) is 6. The van der Waals surface area contributed by atoms with Crippen molar-refractivity contribution in [3.63, 3.8) is 0 Å². The monoisotopic (exact) mass is 475 g/mol. The third-order valence-corrected chi connectivity index (χ3v) is 8.24. The smallest absolute Gasteiger partial charge is 0.255 e. The molecule has 0 atom stereocenters. The maximum atomic E-state index is 12.5. The van der Waals surface area contributed by atoms with Gasteiger partial charge in [-0.05, 0) is 67.1 Å². The van der Waals surface area contributed by atoms with Crippen LogP contribution in [0.15, 0.2) is 76.2 Å². The SMILES string of the molecule is O=C(Nc1ccc(N2CCCS2(=O)=O)cc1)c1ccc(S(=O)(=O)NCc2ccco2)cc1. The van der Waals surface area contributed by atoms with Gasteiger partial charge < -0.3 is 9.73 Å². The average molecular weight is 476 g/mol. The number of hydrogen-bond donors (Lipinski definition) is 2. The Kier molecular flexibility index (Phi) is 6.04. The lowest BCUT2D eigenvalue weighted by Crippen LogP contribution is -2.25. The number of furan rings is 1. The van der Waals surface area contributed by atoms with Crippen LogP contribution in [0.2, 0.25) is 0 Å². The maximum Gasteiger partial charge on any atom is 0.255 e. The van der Waals surface area contributed by atoms with E-state index in [2.05, 4.69) is 10.0 Å². The fourth-order valence-corrected chi connectivity index (χ4v) is 5.85. The minimum absolute atomic E-state index is 0.0201. The van der Waals surface area contributed by atoms with Crippen molar-refractivity contribution in [2.45, 2.75) is 17.9 Å². The quantitative estimate of drug-likeness (QED) is 0.541. The maximum absolute atomic E-state index is 12.5. The lowest BCUT2D eigenvalue weighted by Gasteiger charge is -2.17. The van der Waals surface area contributed by atoms with Gasteiger partial charge in [-0.15, -0.1) is 0 Å². The van der Waals surface area contributed by atoms with Crippen LogP contribution < -0.4 is 14.3 Å². The fraction of sp³-hybridized carbons (Fsp3) is 0.190. The first-order chi connectivity index (χ1) is 15.2. The van der Waals surface area contributed by atoms with Crippen molar-refractivity contribution in [2.75, 3.05) is 21.9 Å². The predicted octanol–water partition coefficient (Wildman–Crippen LogP) is 2.55. The Morgan fingerprint density at radius 3 is 2.34 bits per heavy atom. The summed E-state index contributed by atoms with van der Waals surface area (Å²) in [7, 11) is -7.02. The third kappa shape index (κ3) is 4.85. The molecule has 2 N–H and O–H groups in total. The molecule has 4 rings (SSSR count). The number of benzene rings is 2. The van der Waals surface area contributed by atoms with Crippen molar-refractivity contribution in [2.24, 2.45) is 0 Å². The molecule has 0 radical (unpaired) electrons. The molecule has 0 unspecified atom stereocenters. The second kappa shape index (κ2) is 8.77. The zero-order valence-corrected chi connectivity index (χ0v) is 18.5. The van der Waals surface area contributed by atoms with Gasteiger partial charge in [-0.2, -0.15) is 0 Å². The molecule has 0 spiro atoms. The highest BCUT2D eigenvalue weighted by Crippen LogP contribution is 2.25. The van der Waals surface area contributed by atoms with E-state index in [1.165, 1.54) is 34.8 Å². The molecular formula is C21H21N3O6S2. The number of sulfonamides is 2. The van der Waals surface area contributed by atoms with Gasteiger partial charge in [0.1, 0.15) is 5.76 Å². The summed E-state index contributed by atoms with van der Waals surface area (Å²) in [6.45, 7) is 0.464. The molecule has 11 heteroatoms. The normalized spacial score (nSPS) is 15.6. The van der Waals surface area contributed by atoms with Gasteiger partial charge in [0, 0.05) is 17.8 Å². The lowest BCUT2D eigenvalue weighted by atomic mass is 10.2. The molecule has 2 heterocycles. The summed E-state index contributed by atoms with van der Waals surface area (Å²) in [6.07, 6.45) is 2.05. The van der Waals surface area contributed by atoms with Crippen LogP contribution >= 0.6 is 0 Å². The van der Waals surface area contributed by atoms with Crippen LogP contribution in [0.4, 0.5) is 11.4 Å². The zero-order valence-electron chi connectivity index (χ0n) is 16.9. The molecule has 1 aliphatic rings. The molecule has 1 saturated heterocycles.